The molecule has 1 atom stereocenters. The van der Waals surface area contributed by atoms with Gasteiger partial charge in [0.05, 0.1) is 0 Å². The number of aliphatic hydroxyl groups is 1. The zero-order valence-corrected chi connectivity index (χ0v) is 10.1. The van der Waals surface area contributed by atoms with E-state index >= 15 is 0 Å². The summed E-state index contributed by atoms with van der Waals surface area (Å²) in [7, 11) is -2.66. The minimum atomic E-state index is -2.66. The first-order chi connectivity index (χ1) is 7.27. The molecule has 0 aliphatic carbocycles. The van der Waals surface area contributed by atoms with E-state index in [1.807, 2.05) is 0 Å². The zero-order chi connectivity index (χ0) is 11.4. The minimum absolute atomic E-state index is 0.296. The van der Waals surface area contributed by atoms with Gasteiger partial charge in [0, 0.05) is 6.61 Å². The standard InChI is InChI=1S/C10H21O4P/c11-9-7-5-3-1-2-4-6-8-10-14-15(12)13/h11H,1-10H2. The molecule has 0 rings (SSSR count). The molecule has 0 heterocycles. The van der Waals surface area contributed by atoms with E-state index in [4.69, 9.17) is 5.11 Å². The van der Waals surface area contributed by atoms with Gasteiger partial charge in [-0.15, -0.1) is 4.52 Å². The van der Waals surface area contributed by atoms with Crippen molar-refractivity contribution in [2.45, 2.75) is 51.4 Å². The van der Waals surface area contributed by atoms with E-state index in [9.17, 15) is 9.46 Å². The summed E-state index contributed by atoms with van der Waals surface area (Å²) in [5, 5.41) is 8.55. The zero-order valence-electron chi connectivity index (χ0n) is 9.19. The van der Waals surface area contributed by atoms with Crippen molar-refractivity contribution >= 4 is 8.25 Å². The maximum absolute atomic E-state index is 10.0. The fourth-order valence-corrected chi connectivity index (χ4v) is 1.69. The van der Waals surface area contributed by atoms with Crippen LogP contribution in [0, 0.1) is 0 Å². The average molecular weight is 236 g/mol. The Kier molecular flexibility index (Phi) is 12.0. The number of unbranched alkanes of at least 4 members (excludes halogenated alkanes) is 7. The Labute approximate surface area is 92.6 Å². The van der Waals surface area contributed by atoms with Gasteiger partial charge in [-0.25, -0.2) is 0 Å². The molecule has 0 spiro atoms. The summed E-state index contributed by atoms with van der Waals surface area (Å²) >= 11 is 0. The Morgan fingerprint density at radius 1 is 0.933 bits per heavy atom. The molecule has 0 radical (unpaired) electrons. The van der Waals surface area contributed by atoms with Crippen molar-refractivity contribution < 1.29 is 19.1 Å². The van der Waals surface area contributed by atoms with Gasteiger partial charge in [0.1, 0.15) is 6.61 Å². The van der Waals surface area contributed by atoms with Crippen LogP contribution in [0.1, 0.15) is 51.4 Å². The highest BCUT2D eigenvalue weighted by Gasteiger charge is 1.99. The van der Waals surface area contributed by atoms with Crippen molar-refractivity contribution in [2.24, 2.45) is 0 Å². The van der Waals surface area contributed by atoms with Crippen LogP contribution in [0.2, 0.25) is 0 Å². The summed E-state index contributed by atoms with van der Waals surface area (Å²) in [5.74, 6) is 0. The molecule has 0 aromatic rings. The number of rotatable bonds is 11. The van der Waals surface area contributed by atoms with Gasteiger partial charge in [0.25, 0.3) is 0 Å². The monoisotopic (exact) mass is 236 g/mol. The third-order valence-corrected chi connectivity index (χ3v) is 2.64. The molecule has 0 fully saturated rings. The quantitative estimate of drug-likeness (QED) is 0.440. The molecule has 0 bridgehead atoms. The summed E-state index contributed by atoms with van der Waals surface area (Å²) in [4.78, 5) is 10.0. The summed E-state index contributed by atoms with van der Waals surface area (Å²) in [6.45, 7) is 0.619. The van der Waals surface area contributed by atoms with Crippen LogP contribution in [-0.4, -0.2) is 18.3 Å². The molecule has 0 saturated heterocycles. The largest absolute Gasteiger partial charge is 0.566 e. The summed E-state index contributed by atoms with van der Waals surface area (Å²) in [5.41, 5.74) is 0. The first-order valence-electron chi connectivity index (χ1n) is 5.65. The molecule has 4 nitrogen and oxygen atoms in total. The Morgan fingerprint density at radius 2 is 1.40 bits per heavy atom. The topological polar surface area (TPSA) is 69.6 Å². The van der Waals surface area contributed by atoms with Crippen molar-refractivity contribution in [3.05, 3.63) is 0 Å². The molecule has 0 aliphatic heterocycles. The molecule has 1 unspecified atom stereocenters. The molecule has 1 N–H and O–H groups in total. The lowest BCUT2D eigenvalue weighted by molar-refractivity contribution is -0.185. The Hall–Kier alpha value is -0.0200. The van der Waals surface area contributed by atoms with E-state index in [2.05, 4.69) is 4.52 Å². The molecule has 0 amide bonds. The van der Waals surface area contributed by atoms with Crippen LogP contribution in [0.15, 0.2) is 0 Å². The van der Waals surface area contributed by atoms with Crippen LogP contribution in [-0.2, 0) is 9.09 Å². The molecule has 0 aromatic carbocycles. The fraction of sp³-hybridized carbons (Fsp3) is 1.00. The lowest BCUT2D eigenvalue weighted by Gasteiger charge is -2.00. The smallest absolute Gasteiger partial charge is 0.488 e. The van der Waals surface area contributed by atoms with Crippen LogP contribution in [0.5, 0.6) is 0 Å². The van der Waals surface area contributed by atoms with Crippen LogP contribution in [0.25, 0.3) is 0 Å². The lowest BCUT2D eigenvalue weighted by Crippen LogP contribution is -1.94. The molecule has 90 valence electrons. The summed E-state index contributed by atoms with van der Waals surface area (Å²) in [6.07, 6.45) is 8.58. The van der Waals surface area contributed by atoms with E-state index in [1.54, 1.807) is 0 Å². The van der Waals surface area contributed by atoms with Gasteiger partial charge in [0.2, 0.25) is 0 Å². The van der Waals surface area contributed by atoms with Gasteiger partial charge < -0.3 is 10.00 Å². The van der Waals surface area contributed by atoms with E-state index in [1.165, 1.54) is 19.3 Å². The van der Waals surface area contributed by atoms with Gasteiger partial charge in [-0.3, -0.25) is 0 Å². The Morgan fingerprint density at radius 3 is 1.87 bits per heavy atom. The Bertz CT molecular complexity index is 152. The SMILES string of the molecule is O=[P+]([O-])OCCCCCCCCCCO. The van der Waals surface area contributed by atoms with Gasteiger partial charge in [0.15, 0.2) is 0 Å². The second-order valence-corrected chi connectivity index (χ2v) is 4.31. The molecular weight excluding hydrogens is 215 g/mol. The molecule has 15 heavy (non-hydrogen) atoms. The molecule has 0 aliphatic rings. The van der Waals surface area contributed by atoms with Crippen molar-refractivity contribution in [3.63, 3.8) is 0 Å². The van der Waals surface area contributed by atoms with Crippen molar-refractivity contribution in [3.8, 4) is 0 Å². The number of aliphatic hydroxyl groups excluding tert-OH is 1. The molecule has 5 heteroatoms. The Balaban J connectivity index is 2.89. The highest BCUT2D eigenvalue weighted by atomic mass is 31.1. The molecule has 0 saturated carbocycles. The lowest BCUT2D eigenvalue weighted by atomic mass is 10.1. The summed E-state index contributed by atoms with van der Waals surface area (Å²) < 4.78 is 14.5. The van der Waals surface area contributed by atoms with Crippen LogP contribution >= 0.6 is 8.25 Å². The third kappa shape index (κ3) is 14.0. The maximum atomic E-state index is 10.0. The first kappa shape index (κ1) is 15.0. The second kappa shape index (κ2) is 12.1. The predicted octanol–water partition coefficient (Wildman–Crippen LogP) is 2.13. The van der Waals surface area contributed by atoms with Crippen molar-refractivity contribution in [1.29, 1.82) is 0 Å². The van der Waals surface area contributed by atoms with Crippen molar-refractivity contribution in [1.82, 2.24) is 0 Å². The normalized spacial score (nSPS) is 11.7. The minimum Gasteiger partial charge on any atom is -0.566 e. The number of hydrogen-bond donors (Lipinski definition) is 1. The van der Waals surface area contributed by atoms with Gasteiger partial charge in [-0.05, 0) is 17.4 Å². The van der Waals surface area contributed by atoms with Crippen LogP contribution in [0.3, 0.4) is 0 Å². The highest BCUT2D eigenvalue weighted by Crippen LogP contribution is 2.12. The van der Waals surface area contributed by atoms with Crippen LogP contribution < -0.4 is 4.89 Å². The van der Waals surface area contributed by atoms with E-state index in [0.717, 1.165) is 32.1 Å². The van der Waals surface area contributed by atoms with Gasteiger partial charge >= 0.3 is 8.25 Å². The maximum Gasteiger partial charge on any atom is 0.488 e. The summed E-state index contributed by atoms with van der Waals surface area (Å²) in [6, 6.07) is 0. The van der Waals surface area contributed by atoms with Crippen LogP contribution in [0.4, 0.5) is 0 Å². The fourth-order valence-electron chi connectivity index (χ4n) is 1.41. The first-order valence-corrected chi connectivity index (χ1v) is 6.75. The highest BCUT2D eigenvalue weighted by molar-refractivity contribution is 7.30. The van der Waals surface area contributed by atoms with Gasteiger partial charge in [-0.1, -0.05) is 38.5 Å². The van der Waals surface area contributed by atoms with Gasteiger partial charge in [-0.2, -0.15) is 0 Å². The van der Waals surface area contributed by atoms with E-state index in [0.29, 0.717) is 13.2 Å². The van der Waals surface area contributed by atoms with E-state index in [-0.39, 0.29) is 0 Å². The van der Waals surface area contributed by atoms with E-state index < -0.39 is 8.25 Å². The van der Waals surface area contributed by atoms with Crippen molar-refractivity contribution in [2.75, 3.05) is 13.2 Å². The predicted molar refractivity (Wildman–Crippen MR) is 57.6 cm³/mol. The third-order valence-electron chi connectivity index (χ3n) is 2.25. The average Bonchev–Trinajstić information content (AvgIpc) is 2.20. The molecular formula is C10H21O4P. The second-order valence-electron chi connectivity index (χ2n) is 3.61. The molecule has 0 aromatic heterocycles. The number of hydrogen-bond acceptors (Lipinski definition) is 4.